The minimum absolute atomic E-state index is 0.124. The fourth-order valence-corrected chi connectivity index (χ4v) is 1.71. The lowest BCUT2D eigenvalue weighted by atomic mass is 9.89. The first-order chi connectivity index (χ1) is 8.41. The number of aliphatic hydroxyl groups excluding tert-OH is 1. The van der Waals surface area contributed by atoms with E-state index in [-0.39, 0.29) is 11.3 Å². The highest BCUT2D eigenvalue weighted by atomic mass is 16.5. The third-order valence-electron chi connectivity index (χ3n) is 3.22. The van der Waals surface area contributed by atoms with Crippen LogP contribution < -0.4 is 5.32 Å². The standard InChI is InChI=1S/C13H26N2O3/c1-13(2,3)11(16)10-14-5-4-12(17)15-6-8-18-9-7-15/h11,14,16H,4-10H2,1-3H3. The van der Waals surface area contributed by atoms with Crippen molar-refractivity contribution in [1.82, 2.24) is 10.2 Å². The van der Waals surface area contributed by atoms with Gasteiger partial charge < -0.3 is 20.1 Å². The van der Waals surface area contributed by atoms with Gasteiger partial charge in [-0.3, -0.25) is 4.79 Å². The van der Waals surface area contributed by atoms with Gasteiger partial charge in [0.05, 0.1) is 19.3 Å². The Bertz CT molecular complexity index is 257. The Labute approximate surface area is 109 Å². The summed E-state index contributed by atoms with van der Waals surface area (Å²) >= 11 is 0. The molecule has 18 heavy (non-hydrogen) atoms. The fourth-order valence-electron chi connectivity index (χ4n) is 1.71. The first kappa shape index (κ1) is 15.4. The predicted octanol–water partition coefficient (Wildman–Crippen LogP) is 0.232. The average Bonchev–Trinajstić information content (AvgIpc) is 2.34. The largest absolute Gasteiger partial charge is 0.391 e. The molecule has 0 radical (unpaired) electrons. The molecule has 2 N–H and O–H groups in total. The summed E-state index contributed by atoms with van der Waals surface area (Å²) in [4.78, 5) is 13.6. The van der Waals surface area contributed by atoms with E-state index in [1.165, 1.54) is 0 Å². The molecular formula is C13H26N2O3. The van der Waals surface area contributed by atoms with Gasteiger partial charge in [0.2, 0.25) is 5.91 Å². The zero-order chi connectivity index (χ0) is 13.6. The summed E-state index contributed by atoms with van der Waals surface area (Å²) in [7, 11) is 0. The monoisotopic (exact) mass is 258 g/mol. The summed E-state index contributed by atoms with van der Waals surface area (Å²) in [5, 5.41) is 13.0. The van der Waals surface area contributed by atoms with Gasteiger partial charge in [0.25, 0.3) is 0 Å². The van der Waals surface area contributed by atoms with Crippen molar-refractivity contribution in [2.75, 3.05) is 39.4 Å². The number of carbonyl (C=O) groups excluding carboxylic acids is 1. The van der Waals surface area contributed by atoms with Crippen molar-refractivity contribution in [2.24, 2.45) is 5.41 Å². The molecule has 0 aliphatic carbocycles. The summed E-state index contributed by atoms with van der Waals surface area (Å²) in [6.07, 6.45) is 0.0904. The van der Waals surface area contributed by atoms with Crippen LogP contribution >= 0.6 is 0 Å². The van der Waals surface area contributed by atoms with Crippen molar-refractivity contribution in [1.29, 1.82) is 0 Å². The molecule has 1 atom stereocenters. The zero-order valence-electron chi connectivity index (χ0n) is 11.7. The van der Waals surface area contributed by atoms with Crippen LogP contribution in [0.5, 0.6) is 0 Å². The topological polar surface area (TPSA) is 61.8 Å². The van der Waals surface area contributed by atoms with E-state index < -0.39 is 6.10 Å². The number of ether oxygens (including phenoxy) is 1. The Hall–Kier alpha value is -0.650. The lowest BCUT2D eigenvalue weighted by Gasteiger charge is -2.28. The van der Waals surface area contributed by atoms with Crippen molar-refractivity contribution in [2.45, 2.75) is 33.3 Å². The molecule has 0 aromatic carbocycles. The predicted molar refractivity (Wildman–Crippen MR) is 70.3 cm³/mol. The molecule has 5 nitrogen and oxygen atoms in total. The van der Waals surface area contributed by atoms with Crippen LogP contribution in [-0.4, -0.2) is 61.4 Å². The minimum atomic E-state index is -0.393. The Morgan fingerprint density at radius 3 is 2.56 bits per heavy atom. The summed E-state index contributed by atoms with van der Waals surface area (Å²) < 4.78 is 5.20. The quantitative estimate of drug-likeness (QED) is 0.693. The maximum Gasteiger partial charge on any atom is 0.224 e. The average molecular weight is 258 g/mol. The molecule has 1 aliphatic heterocycles. The molecule has 106 valence electrons. The highest BCUT2D eigenvalue weighted by Crippen LogP contribution is 2.17. The molecule has 0 aromatic heterocycles. The molecule has 0 bridgehead atoms. The molecular weight excluding hydrogens is 232 g/mol. The number of hydrogen-bond donors (Lipinski definition) is 2. The van der Waals surface area contributed by atoms with Crippen LogP contribution in [0.15, 0.2) is 0 Å². The van der Waals surface area contributed by atoms with Gasteiger partial charge >= 0.3 is 0 Å². The highest BCUT2D eigenvalue weighted by Gasteiger charge is 2.21. The van der Waals surface area contributed by atoms with E-state index in [4.69, 9.17) is 4.74 Å². The molecule has 1 rings (SSSR count). The Morgan fingerprint density at radius 1 is 1.39 bits per heavy atom. The Balaban J connectivity index is 2.12. The molecule has 1 fully saturated rings. The summed E-state index contributed by atoms with van der Waals surface area (Å²) in [5.74, 6) is 0.163. The van der Waals surface area contributed by atoms with E-state index in [2.05, 4.69) is 5.32 Å². The second-order valence-corrected chi connectivity index (χ2v) is 5.83. The van der Waals surface area contributed by atoms with E-state index in [0.29, 0.717) is 45.8 Å². The number of morpholine rings is 1. The number of nitrogens with zero attached hydrogens (tertiary/aromatic N) is 1. The van der Waals surface area contributed by atoms with E-state index in [1.807, 2.05) is 25.7 Å². The molecule has 1 aliphatic rings. The van der Waals surface area contributed by atoms with E-state index >= 15 is 0 Å². The number of carbonyl (C=O) groups is 1. The summed E-state index contributed by atoms with van der Waals surface area (Å²) in [6.45, 7) is 9.81. The fraction of sp³-hybridized carbons (Fsp3) is 0.923. The van der Waals surface area contributed by atoms with Crippen LogP contribution in [-0.2, 0) is 9.53 Å². The third kappa shape index (κ3) is 5.33. The SMILES string of the molecule is CC(C)(C)C(O)CNCCC(=O)N1CCOCC1. The molecule has 1 amide bonds. The van der Waals surface area contributed by atoms with Crippen LogP contribution in [0.1, 0.15) is 27.2 Å². The molecule has 1 unspecified atom stereocenters. The normalized spacial score (nSPS) is 18.8. The second-order valence-electron chi connectivity index (χ2n) is 5.83. The first-order valence-electron chi connectivity index (χ1n) is 6.65. The van der Waals surface area contributed by atoms with Crippen molar-refractivity contribution >= 4 is 5.91 Å². The van der Waals surface area contributed by atoms with Crippen LogP contribution in [0.2, 0.25) is 0 Å². The zero-order valence-corrected chi connectivity index (χ0v) is 11.7. The van der Waals surface area contributed by atoms with Crippen molar-refractivity contribution in [3.8, 4) is 0 Å². The Morgan fingerprint density at radius 2 is 2.00 bits per heavy atom. The van der Waals surface area contributed by atoms with E-state index in [0.717, 1.165) is 0 Å². The van der Waals surface area contributed by atoms with Gasteiger partial charge in [0, 0.05) is 32.6 Å². The first-order valence-corrected chi connectivity index (χ1v) is 6.65. The molecule has 0 aromatic rings. The van der Waals surface area contributed by atoms with Crippen LogP contribution in [0.25, 0.3) is 0 Å². The van der Waals surface area contributed by atoms with Gasteiger partial charge in [-0.15, -0.1) is 0 Å². The van der Waals surface area contributed by atoms with Gasteiger partial charge in [0.15, 0.2) is 0 Å². The molecule has 0 spiro atoms. The minimum Gasteiger partial charge on any atom is -0.391 e. The van der Waals surface area contributed by atoms with Gasteiger partial charge in [-0.05, 0) is 5.41 Å². The number of amides is 1. The molecule has 5 heteroatoms. The smallest absolute Gasteiger partial charge is 0.224 e. The van der Waals surface area contributed by atoms with Gasteiger partial charge in [-0.25, -0.2) is 0 Å². The van der Waals surface area contributed by atoms with Gasteiger partial charge in [-0.1, -0.05) is 20.8 Å². The molecule has 1 saturated heterocycles. The number of rotatable bonds is 5. The number of hydrogen-bond acceptors (Lipinski definition) is 4. The van der Waals surface area contributed by atoms with Crippen molar-refractivity contribution < 1.29 is 14.6 Å². The van der Waals surface area contributed by atoms with E-state index in [9.17, 15) is 9.90 Å². The summed E-state index contributed by atoms with van der Waals surface area (Å²) in [6, 6.07) is 0. The van der Waals surface area contributed by atoms with Crippen LogP contribution in [0.3, 0.4) is 0 Å². The van der Waals surface area contributed by atoms with Crippen molar-refractivity contribution in [3.63, 3.8) is 0 Å². The van der Waals surface area contributed by atoms with Gasteiger partial charge in [-0.2, -0.15) is 0 Å². The summed E-state index contributed by atoms with van der Waals surface area (Å²) in [5.41, 5.74) is -0.124. The molecule has 0 saturated carbocycles. The van der Waals surface area contributed by atoms with Crippen LogP contribution in [0, 0.1) is 5.41 Å². The molecule has 1 heterocycles. The van der Waals surface area contributed by atoms with Crippen molar-refractivity contribution in [3.05, 3.63) is 0 Å². The van der Waals surface area contributed by atoms with Crippen LogP contribution in [0.4, 0.5) is 0 Å². The maximum absolute atomic E-state index is 11.8. The Kier molecular flexibility index (Phi) is 6.05. The van der Waals surface area contributed by atoms with E-state index in [1.54, 1.807) is 0 Å². The number of nitrogens with one attached hydrogen (secondary N) is 1. The second kappa shape index (κ2) is 7.07. The lowest BCUT2D eigenvalue weighted by molar-refractivity contribution is -0.135. The van der Waals surface area contributed by atoms with Gasteiger partial charge in [0.1, 0.15) is 0 Å². The highest BCUT2D eigenvalue weighted by molar-refractivity contribution is 5.76. The number of aliphatic hydroxyl groups is 1. The maximum atomic E-state index is 11.8. The lowest BCUT2D eigenvalue weighted by Crippen LogP contribution is -2.42. The third-order valence-corrected chi connectivity index (χ3v) is 3.22.